The standard InChI is InChI=1S/C15H28N2O2/c1-13(17-8-4-2-5-9-17)12-16-15(18)11-14-7-3-6-10-19-14/h13-14H,2-12H2,1H3,(H,16,18). The van der Waals surface area contributed by atoms with Crippen LogP contribution in [-0.2, 0) is 9.53 Å². The molecule has 110 valence electrons. The van der Waals surface area contributed by atoms with Crippen molar-refractivity contribution in [3.8, 4) is 0 Å². The van der Waals surface area contributed by atoms with Gasteiger partial charge in [-0.05, 0) is 52.1 Å². The van der Waals surface area contributed by atoms with Gasteiger partial charge in [0.25, 0.3) is 0 Å². The maximum Gasteiger partial charge on any atom is 0.222 e. The van der Waals surface area contributed by atoms with Crippen molar-refractivity contribution < 1.29 is 9.53 Å². The number of hydrogen-bond acceptors (Lipinski definition) is 3. The van der Waals surface area contributed by atoms with E-state index in [2.05, 4.69) is 17.1 Å². The van der Waals surface area contributed by atoms with Crippen LogP contribution in [-0.4, -0.2) is 49.2 Å². The fourth-order valence-electron chi connectivity index (χ4n) is 3.00. The molecular formula is C15H28N2O2. The van der Waals surface area contributed by atoms with Crippen molar-refractivity contribution >= 4 is 5.91 Å². The van der Waals surface area contributed by atoms with E-state index in [9.17, 15) is 4.79 Å². The van der Waals surface area contributed by atoms with Gasteiger partial charge in [0.1, 0.15) is 0 Å². The number of carbonyl (C=O) groups is 1. The molecular weight excluding hydrogens is 240 g/mol. The van der Waals surface area contributed by atoms with Crippen LogP contribution in [0.2, 0.25) is 0 Å². The molecule has 0 saturated carbocycles. The summed E-state index contributed by atoms with van der Waals surface area (Å²) in [5.74, 6) is 0.149. The van der Waals surface area contributed by atoms with Crippen molar-refractivity contribution in [3.63, 3.8) is 0 Å². The van der Waals surface area contributed by atoms with Crippen LogP contribution in [0.15, 0.2) is 0 Å². The highest BCUT2D eigenvalue weighted by Crippen LogP contribution is 2.15. The predicted octanol–water partition coefficient (Wildman–Crippen LogP) is 1.94. The second-order valence-electron chi connectivity index (χ2n) is 5.94. The molecule has 0 radical (unpaired) electrons. The lowest BCUT2D eigenvalue weighted by Crippen LogP contribution is -2.45. The summed E-state index contributed by atoms with van der Waals surface area (Å²) in [6.07, 6.45) is 8.02. The van der Waals surface area contributed by atoms with Crippen LogP contribution in [0.25, 0.3) is 0 Å². The van der Waals surface area contributed by atoms with Crippen LogP contribution in [0.4, 0.5) is 0 Å². The molecule has 2 heterocycles. The number of likely N-dealkylation sites (tertiary alicyclic amines) is 1. The molecule has 2 unspecified atom stereocenters. The van der Waals surface area contributed by atoms with Crippen LogP contribution >= 0.6 is 0 Å². The molecule has 0 spiro atoms. The molecule has 1 amide bonds. The van der Waals surface area contributed by atoms with Gasteiger partial charge in [-0.25, -0.2) is 0 Å². The van der Waals surface area contributed by atoms with Crippen molar-refractivity contribution in [2.24, 2.45) is 0 Å². The summed E-state index contributed by atoms with van der Waals surface area (Å²) in [7, 11) is 0. The molecule has 0 aliphatic carbocycles. The van der Waals surface area contributed by atoms with Crippen LogP contribution in [0, 0.1) is 0 Å². The van der Waals surface area contributed by atoms with E-state index in [1.807, 2.05) is 0 Å². The quantitative estimate of drug-likeness (QED) is 0.828. The molecule has 1 N–H and O–H groups in total. The first-order valence-electron chi connectivity index (χ1n) is 7.88. The third-order valence-corrected chi connectivity index (χ3v) is 4.30. The third-order valence-electron chi connectivity index (χ3n) is 4.30. The van der Waals surface area contributed by atoms with Crippen LogP contribution in [0.5, 0.6) is 0 Å². The van der Waals surface area contributed by atoms with Crippen molar-refractivity contribution in [2.75, 3.05) is 26.2 Å². The molecule has 4 nitrogen and oxygen atoms in total. The van der Waals surface area contributed by atoms with Gasteiger partial charge in [-0.15, -0.1) is 0 Å². The second-order valence-corrected chi connectivity index (χ2v) is 5.94. The van der Waals surface area contributed by atoms with Crippen molar-refractivity contribution in [3.05, 3.63) is 0 Å². The van der Waals surface area contributed by atoms with Crippen LogP contribution in [0.1, 0.15) is 51.9 Å². The van der Waals surface area contributed by atoms with Gasteiger partial charge >= 0.3 is 0 Å². The number of piperidine rings is 1. The topological polar surface area (TPSA) is 41.6 Å². The Morgan fingerprint density at radius 2 is 2.05 bits per heavy atom. The Balaban J connectivity index is 1.61. The molecule has 0 aromatic carbocycles. The van der Waals surface area contributed by atoms with Gasteiger partial charge in [0.15, 0.2) is 0 Å². The first-order valence-corrected chi connectivity index (χ1v) is 7.88. The molecule has 0 aromatic rings. The summed E-state index contributed by atoms with van der Waals surface area (Å²) >= 11 is 0. The molecule has 0 aromatic heterocycles. The number of carbonyl (C=O) groups excluding carboxylic acids is 1. The minimum atomic E-state index is 0.149. The zero-order valence-electron chi connectivity index (χ0n) is 12.2. The molecule has 4 heteroatoms. The van der Waals surface area contributed by atoms with E-state index >= 15 is 0 Å². The Morgan fingerprint density at radius 3 is 2.74 bits per heavy atom. The van der Waals surface area contributed by atoms with Gasteiger partial charge in [0.05, 0.1) is 12.5 Å². The van der Waals surface area contributed by atoms with Gasteiger partial charge < -0.3 is 10.1 Å². The fraction of sp³-hybridized carbons (Fsp3) is 0.933. The third kappa shape index (κ3) is 5.11. The highest BCUT2D eigenvalue weighted by atomic mass is 16.5. The van der Waals surface area contributed by atoms with E-state index in [1.54, 1.807) is 0 Å². The summed E-state index contributed by atoms with van der Waals surface area (Å²) in [5.41, 5.74) is 0. The summed E-state index contributed by atoms with van der Waals surface area (Å²) in [4.78, 5) is 14.4. The van der Waals surface area contributed by atoms with Crippen molar-refractivity contribution in [1.82, 2.24) is 10.2 Å². The lowest BCUT2D eigenvalue weighted by atomic mass is 10.1. The average molecular weight is 268 g/mol. The Hall–Kier alpha value is -0.610. The molecule has 19 heavy (non-hydrogen) atoms. The predicted molar refractivity (Wildman–Crippen MR) is 76.1 cm³/mol. The average Bonchev–Trinajstić information content (AvgIpc) is 2.47. The van der Waals surface area contributed by atoms with Crippen molar-refractivity contribution in [2.45, 2.75) is 64.0 Å². The molecule has 2 fully saturated rings. The van der Waals surface area contributed by atoms with Gasteiger partial charge in [0.2, 0.25) is 5.91 Å². The summed E-state index contributed by atoms with van der Waals surface area (Å²) in [6, 6.07) is 0.455. The Bertz CT molecular complexity index is 271. The lowest BCUT2D eigenvalue weighted by Gasteiger charge is -2.32. The Kier molecular flexibility index (Phi) is 6.11. The van der Waals surface area contributed by atoms with E-state index in [0.717, 1.165) is 26.0 Å². The highest BCUT2D eigenvalue weighted by Gasteiger charge is 2.20. The SMILES string of the molecule is CC(CNC(=O)CC1CCCCO1)N1CCCCC1. The zero-order valence-corrected chi connectivity index (χ0v) is 12.2. The Morgan fingerprint density at radius 1 is 1.26 bits per heavy atom. The van der Waals surface area contributed by atoms with E-state index in [4.69, 9.17) is 4.74 Å². The minimum absolute atomic E-state index is 0.149. The van der Waals surface area contributed by atoms with Crippen LogP contribution < -0.4 is 5.32 Å². The van der Waals surface area contributed by atoms with Crippen molar-refractivity contribution in [1.29, 1.82) is 0 Å². The Labute approximate surface area is 116 Å². The van der Waals surface area contributed by atoms with E-state index in [1.165, 1.54) is 38.8 Å². The molecule has 2 saturated heterocycles. The molecule has 2 aliphatic rings. The fourth-order valence-corrected chi connectivity index (χ4v) is 3.00. The maximum atomic E-state index is 11.9. The number of ether oxygens (including phenoxy) is 1. The zero-order chi connectivity index (χ0) is 13.5. The van der Waals surface area contributed by atoms with E-state index in [-0.39, 0.29) is 12.0 Å². The first-order chi connectivity index (χ1) is 9.25. The van der Waals surface area contributed by atoms with Gasteiger partial charge in [-0.3, -0.25) is 9.69 Å². The smallest absolute Gasteiger partial charge is 0.222 e. The second kappa shape index (κ2) is 7.85. The molecule has 2 aliphatic heterocycles. The first kappa shape index (κ1) is 14.8. The van der Waals surface area contributed by atoms with E-state index in [0.29, 0.717) is 12.5 Å². The number of hydrogen-bond donors (Lipinski definition) is 1. The monoisotopic (exact) mass is 268 g/mol. The largest absolute Gasteiger partial charge is 0.378 e. The van der Waals surface area contributed by atoms with Gasteiger partial charge in [-0.1, -0.05) is 6.42 Å². The summed E-state index contributed by atoms with van der Waals surface area (Å²) in [6.45, 7) is 6.17. The lowest BCUT2D eigenvalue weighted by molar-refractivity contribution is -0.125. The minimum Gasteiger partial charge on any atom is -0.378 e. The number of rotatable bonds is 5. The molecule has 0 bridgehead atoms. The molecule has 2 atom stereocenters. The maximum absolute atomic E-state index is 11.9. The number of amides is 1. The normalized spacial score (nSPS) is 26.9. The summed E-state index contributed by atoms with van der Waals surface area (Å²) in [5, 5.41) is 3.07. The highest BCUT2D eigenvalue weighted by molar-refractivity contribution is 5.76. The van der Waals surface area contributed by atoms with Gasteiger partial charge in [-0.2, -0.15) is 0 Å². The van der Waals surface area contributed by atoms with E-state index < -0.39 is 0 Å². The molecule has 2 rings (SSSR count). The van der Waals surface area contributed by atoms with Gasteiger partial charge in [0, 0.05) is 19.2 Å². The number of nitrogens with zero attached hydrogens (tertiary/aromatic N) is 1. The van der Waals surface area contributed by atoms with Crippen LogP contribution in [0.3, 0.4) is 0 Å². The summed E-state index contributed by atoms with van der Waals surface area (Å²) < 4.78 is 5.60. The number of nitrogens with one attached hydrogen (secondary N) is 1.